The van der Waals surface area contributed by atoms with Gasteiger partial charge >= 0.3 is 0 Å². The minimum absolute atomic E-state index is 0.291. The highest BCUT2D eigenvalue weighted by atomic mass is 16.3. The third-order valence-electron chi connectivity index (χ3n) is 3.35. The second-order valence-corrected chi connectivity index (χ2v) is 4.71. The Labute approximate surface area is 115 Å². The third-order valence-corrected chi connectivity index (χ3v) is 3.35. The van der Waals surface area contributed by atoms with Crippen LogP contribution in [0, 0.1) is 0 Å². The number of hydrogen-bond acceptors (Lipinski definition) is 2. The molecule has 2 rings (SSSR count). The average molecular weight is 255 g/mol. The molecule has 2 unspecified atom stereocenters. The van der Waals surface area contributed by atoms with E-state index in [2.05, 4.69) is 24.4 Å². The largest absolute Gasteiger partial charge is 0.387 e. The molecule has 0 heterocycles. The van der Waals surface area contributed by atoms with Crippen molar-refractivity contribution in [2.45, 2.75) is 25.5 Å². The molecule has 2 aromatic carbocycles. The van der Waals surface area contributed by atoms with Crippen LogP contribution >= 0.6 is 0 Å². The first-order valence-electron chi connectivity index (χ1n) is 6.82. The van der Waals surface area contributed by atoms with Crippen molar-refractivity contribution in [2.75, 3.05) is 6.54 Å². The monoisotopic (exact) mass is 255 g/mol. The quantitative estimate of drug-likeness (QED) is 0.828. The molecule has 19 heavy (non-hydrogen) atoms. The molecule has 0 bridgehead atoms. The molecule has 2 atom stereocenters. The van der Waals surface area contributed by atoms with Gasteiger partial charge in [0.15, 0.2) is 0 Å². The summed E-state index contributed by atoms with van der Waals surface area (Å²) in [6.07, 6.45) is 0.546. The summed E-state index contributed by atoms with van der Waals surface area (Å²) in [5.74, 6) is 0. The number of aliphatic hydroxyl groups excluding tert-OH is 1. The lowest BCUT2D eigenvalue weighted by atomic mass is 10.0. The highest BCUT2D eigenvalue weighted by molar-refractivity contribution is 5.20. The fourth-order valence-corrected chi connectivity index (χ4v) is 2.23. The van der Waals surface area contributed by atoms with Gasteiger partial charge in [-0.25, -0.2) is 0 Å². The van der Waals surface area contributed by atoms with Gasteiger partial charge in [-0.1, -0.05) is 67.6 Å². The van der Waals surface area contributed by atoms with Gasteiger partial charge in [0.25, 0.3) is 0 Å². The highest BCUT2D eigenvalue weighted by Gasteiger charge is 2.12. The number of benzene rings is 2. The van der Waals surface area contributed by atoms with E-state index in [1.807, 2.05) is 48.5 Å². The van der Waals surface area contributed by atoms with Crippen LogP contribution in [0.4, 0.5) is 0 Å². The van der Waals surface area contributed by atoms with Crippen molar-refractivity contribution < 1.29 is 5.11 Å². The Morgan fingerprint density at radius 1 is 0.895 bits per heavy atom. The first-order valence-corrected chi connectivity index (χ1v) is 6.82. The lowest BCUT2D eigenvalue weighted by Crippen LogP contribution is -2.26. The summed E-state index contributed by atoms with van der Waals surface area (Å²) in [7, 11) is 0. The zero-order chi connectivity index (χ0) is 13.5. The average Bonchev–Trinajstić information content (AvgIpc) is 2.49. The van der Waals surface area contributed by atoms with Gasteiger partial charge in [-0.05, 0) is 17.5 Å². The van der Waals surface area contributed by atoms with Gasteiger partial charge in [0.05, 0.1) is 6.10 Å². The smallest absolute Gasteiger partial charge is 0.0914 e. The van der Waals surface area contributed by atoms with Crippen molar-refractivity contribution in [3.8, 4) is 0 Å². The van der Waals surface area contributed by atoms with Crippen molar-refractivity contribution in [1.29, 1.82) is 0 Å². The Morgan fingerprint density at radius 3 is 1.95 bits per heavy atom. The molecule has 100 valence electrons. The van der Waals surface area contributed by atoms with Crippen molar-refractivity contribution in [3.05, 3.63) is 71.8 Å². The predicted molar refractivity (Wildman–Crippen MR) is 78.9 cm³/mol. The SMILES string of the molecule is CCC(NCC(O)c1ccccc1)c1ccccc1. The van der Waals surface area contributed by atoms with Crippen molar-refractivity contribution in [1.82, 2.24) is 5.32 Å². The van der Waals surface area contributed by atoms with Crippen LogP contribution in [0.25, 0.3) is 0 Å². The molecule has 2 N–H and O–H groups in total. The standard InChI is InChI=1S/C17H21NO/c1-2-16(14-9-5-3-6-10-14)18-13-17(19)15-11-7-4-8-12-15/h3-12,16-19H,2,13H2,1H3. The van der Waals surface area contributed by atoms with Gasteiger partial charge in [0.1, 0.15) is 0 Å². The summed E-state index contributed by atoms with van der Waals surface area (Å²) in [6, 6.07) is 20.4. The van der Waals surface area contributed by atoms with Gasteiger partial charge < -0.3 is 10.4 Å². The first kappa shape index (κ1) is 13.8. The fourth-order valence-electron chi connectivity index (χ4n) is 2.23. The summed E-state index contributed by atoms with van der Waals surface area (Å²) in [6.45, 7) is 2.72. The van der Waals surface area contributed by atoms with Crippen molar-refractivity contribution >= 4 is 0 Å². The summed E-state index contributed by atoms with van der Waals surface area (Å²) < 4.78 is 0. The van der Waals surface area contributed by atoms with Crippen LogP contribution in [0.1, 0.15) is 36.6 Å². The topological polar surface area (TPSA) is 32.3 Å². The molecular weight excluding hydrogens is 234 g/mol. The summed E-state index contributed by atoms with van der Waals surface area (Å²) in [4.78, 5) is 0. The zero-order valence-electron chi connectivity index (χ0n) is 11.3. The van der Waals surface area contributed by atoms with Crippen LogP contribution in [0.5, 0.6) is 0 Å². The van der Waals surface area contributed by atoms with E-state index in [1.54, 1.807) is 0 Å². The van der Waals surface area contributed by atoms with Gasteiger partial charge in [0.2, 0.25) is 0 Å². The van der Waals surface area contributed by atoms with E-state index >= 15 is 0 Å². The molecule has 0 fully saturated rings. The minimum atomic E-state index is -0.459. The molecule has 2 heteroatoms. The van der Waals surface area contributed by atoms with Crippen LogP contribution < -0.4 is 5.32 Å². The van der Waals surface area contributed by atoms with E-state index in [4.69, 9.17) is 0 Å². The van der Waals surface area contributed by atoms with E-state index in [0.717, 1.165) is 12.0 Å². The Morgan fingerprint density at radius 2 is 1.42 bits per heavy atom. The molecule has 0 aliphatic carbocycles. The van der Waals surface area contributed by atoms with Crippen LogP contribution in [-0.2, 0) is 0 Å². The summed E-state index contributed by atoms with van der Waals surface area (Å²) in [5.41, 5.74) is 2.23. The molecule has 0 saturated heterocycles. The van der Waals surface area contributed by atoms with Gasteiger partial charge in [-0.2, -0.15) is 0 Å². The normalized spacial score (nSPS) is 14.0. The second-order valence-electron chi connectivity index (χ2n) is 4.71. The Balaban J connectivity index is 1.94. The van der Waals surface area contributed by atoms with Crippen LogP contribution in [-0.4, -0.2) is 11.7 Å². The Kier molecular flexibility index (Phi) is 5.13. The number of rotatable bonds is 6. The van der Waals surface area contributed by atoms with Gasteiger partial charge in [-0.15, -0.1) is 0 Å². The number of aliphatic hydroxyl groups is 1. The molecule has 0 aromatic heterocycles. The van der Waals surface area contributed by atoms with E-state index in [9.17, 15) is 5.11 Å². The highest BCUT2D eigenvalue weighted by Crippen LogP contribution is 2.18. The molecule has 0 radical (unpaired) electrons. The molecule has 0 aliphatic heterocycles. The van der Waals surface area contributed by atoms with Crippen LogP contribution in [0.3, 0.4) is 0 Å². The summed E-state index contributed by atoms with van der Waals surface area (Å²) >= 11 is 0. The van der Waals surface area contributed by atoms with Crippen molar-refractivity contribution in [2.24, 2.45) is 0 Å². The molecule has 0 amide bonds. The molecule has 0 aliphatic rings. The third kappa shape index (κ3) is 3.91. The fraction of sp³-hybridized carbons (Fsp3) is 0.294. The lowest BCUT2D eigenvalue weighted by Gasteiger charge is -2.20. The van der Waals surface area contributed by atoms with Crippen LogP contribution in [0.2, 0.25) is 0 Å². The minimum Gasteiger partial charge on any atom is -0.387 e. The molecular formula is C17H21NO. The molecule has 0 saturated carbocycles. The Hall–Kier alpha value is -1.64. The maximum Gasteiger partial charge on any atom is 0.0914 e. The maximum atomic E-state index is 10.1. The summed E-state index contributed by atoms with van der Waals surface area (Å²) in [5, 5.41) is 13.6. The predicted octanol–water partition coefficient (Wildman–Crippen LogP) is 3.46. The molecule has 2 aromatic rings. The second kappa shape index (κ2) is 7.07. The number of hydrogen-bond donors (Lipinski definition) is 2. The van der Waals surface area contributed by atoms with E-state index in [1.165, 1.54) is 5.56 Å². The van der Waals surface area contributed by atoms with Gasteiger partial charge in [-0.3, -0.25) is 0 Å². The lowest BCUT2D eigenvalue weighted by molar-refractivity contribution is 0.169. The van der Waals surface area contributed by atoms with Crippen LogP contribution in [0.15, 0.2) is 60.7 Å². The Bertz CT molecular complexity index is 469. The molecule has 2 nitrogen and oxygen atoms in total. The van der Waals surface area contributed by atoms with E-state index < -0.39 is 6.10 Å². The van der Waals surface area contributed by atoms with E-state index in [-0.39, 0.29) is 0 Å². The van der Waals surface area contributed by atoms with Gasteiger partial charge in [0, 0.05) is 12.6 Å². The number of nitrogens with one attached hydrogen (secondary N) is 1. The molecule has 0 spiro atoms. The van der Waals surface area contributed by atoms with Crippen molar-refractivity contribution in [3.63, 3.8) is 0 Å². The maximum absolute atomic E-state index is 10.1. The first-order chi connectivity index (χ1) is 9.31. The van der Waals surface area contributed by atoms with E-state index in [0.29, 0.717) is 12.6 Å². The zero-order valence-corrected chi connectivity index (χ0v) is 11.3.